The molecule has 0 atom stereocenters. The van der Waals surface area contributed by atoms with Crippen LogP contribution in [0.4, 0.5) is 5.95 Å². The number of aromatic nitrogens is 3. The van der Waals surface area contributed by atoms with Crippen LogP contribution in [-0.4, -0.2) is 20.4 Å². The van der Waals surface area contributed by atoms with Gasteiger partial charge in [0.2, 0.25) is 11.9 Å². The molecule has 1 amide bonds. The van der Waals surface area contributed by atoms with Crippen molar-refractivity contribution in [3.05, 3.63) is 17.8 Å². The molecule has 0 radical (unpaired) electrons. The first-order chi connectivity index (χ1) is 11.4. The number of amides is 1. The van der Waals surface area contributed by atoms with Crippen molar-refractivity contribution >= 4 is 23.0 Å². The highest BCUT2D eigenvalue weighted by molar-refractivity contribution is 5.91. The van der Waals surface area contributed by atoms with Crippen LogP contribution in [0.25, 0.3) is 11.2 Å². The zero-order valence-corrected chi connectivity index (χ0v) is 14.9. The Hall–Kier alpha value is -1.91. The molecular weight excluding hydrogens is 300 g/mol. The average molecular weight is 326 g/mol. The van der Waals surface area contributed by atoms with Gasteiger partial charge in [0.25, 0.3) is 0 Å². The first-order valence-corrected chi connectivity index (χ1v) is 9.05. The van der Waals surface area contributed by atoms with Crippen LogP contribution in [0.1, 0.15) is 64.5 Å². The summed E-state index contributed by atoms with van der Waals surface area (Å²) < 4.78 is 2.17. The lowest BCUT2D eigenvalue weighted by molar-refractivity contribution is -0.119. The zero-order chi connectivity index (χ0) is 16.9. The van der Waals surface area contributed by atoms with Crippen molar-refractivity contribution in [2.24, 2.45) is 5.41 Å². The van der Waals surface area contributed by atoms with Crippen molar-refractivity contribution in [2.45, 2.75) is 71.3 Å². The van der Waals surface area contributed by atoms with Crippen molar-refractivity contribution in [3.8, 4) is 0 Å². The minimum atomic E-state index is 0.0124. The second kappa shape index (κ2) is 5.30. The lowest BCUT2D eigenvalue weighted by Crippen LogP contribution is -2.39. The molecular formula is C19H26N4O. The van der Waals surface area contributed by atoms with Gasteiger partial charge in [-0.15, -0.1) is 0 Å². The highest BCUT2D eigenvalue weighted by Gasteiger charge is 2.38. The second-order valence-corrected chi connectivity index (χ2v) is 8.31. The van der Waals surface area contributed by atoms with Gasteiger partial charge >= 0.3 is 0 Å². The third kappa shape index (κ3) is 2.50. The monoisotopic (exact) mass is 326 g/mol. The molecule has 0 saturated heterocycles. The molecule has 0 spiro atoms. The minimum Gasteiger partial charge on any atom is -0.296 e. The predicted molar refractivity (Wildman–Crippen MR) is 95.0 cm³/mol. The smallest absolute Gasteiger partial charge is 0.227 e. The summed E-state index contributed by atoms with van der Waals surface area (Å²) in [6, 6.07) is 3.98. The predicted octanol–water partition coefficient (Wildman–Crippen LogP) is 4.16. The highest BCUT2D eigenvalue weighted by Crippen LogP contribution is 2.44. The maximum atomic E-state index is 12.6. The van der Waals surface area contributed by atoms with Gasteiger partial charge in [-0.3, -0.25) is 14.7 Å². The fraction of sp³-hybridized carbons (Fsp3) is 0.632. The van der Waals surface area contributed by atoms with Crippen LogP contribution in [0, 0.1) is 12.3 Å². The molecule has 4 rings (SSSR count). The molecule has 128 valence electrons. The molecule has 2 aliphatic carbocycles. The Morgan fingerprint density at radius 2 is 1.88 bits per heavy atom. The van der Waals surface area contributed by atoms with E-state index in [0.29, 0.717) is 12.4 Å². The maximum absolute atomic E-state index is 12.6. The topological polar surface area (TPSA) is 59.8 Å². The van der Waals surface area contributed by atoms with Crippen molar-refractivity contribution in [2.75, 3.05) is 5.32 Å². The summed E-state index contributed by atoms with van der Waals surface area (Å²) in [4.78, 5) is 22.0. The fourth-order valence-corrected chi connectivity index (χ4v) is 4.07. The van der Waals surface area contributed by atoms with Crippen molar-refractivity contribution in [1.82, 2.24) is 14.5 Å². The maximum Gasteiger partial charge on any atom is 0.227 e. The number of carbonyl (C=O) groups is 1. The molecule has 2 aliphatic rings. The number of carbonyl (C=O) groups excluding carboxylic acids is 1. The van der Waals surface area contributed by atoms with E-state index in [9.17, 15) is 4.79 Å². The molecule has 0 aliphatic heterocycles. The lowest BCUT2D eigenvalue weighted by atomic mass is 9.68. The van der Waals surface area contributed by atoms with Crippen LogP contribution in [0.2, 0.25) is 0 Å². The molecule has 2 saturated carbocycles. The third-order valence-corrected chi connectivity index (χ3v) is 6.01. The van der Waals surface area contributed by atoms with E-state index in [4.69, 9.17) is 4.98 Å². The summed E-state index contributed by atoms with van der Waals surface area (Å²) in [5.74, 6) is 0.742. The third-order valence-electron chi connectivity index (χ3n) is 6.01. The molecule has 2 aromatic heterocycles. The molecule has 5 heteroatoms. The van der Waals surface area contributed by atoms with Gasteiger partial charge < -0.3 is 0 Å². The summed E-state index contributed by atoms with van der Waals surface area (Å²) in [6.45, 7) is 6.44. The van der Waals surface area contributed by atoms with E-state index in [2.05, 4.69) is 28.7 Å². The van der Waals surface area contributed by atoms with Crippen molar-refractivity contribution in [1.29, 1.82) is 0 Å². The Morgan fingerprint density at radius 3 is 2.46 bits per heavy atom. The van der Waals surface area contributed by atoms with E-state index in [1.807, 2.05) is 19.1 Å². The summed E-state index contributed by atoms with van der Waals surface area (Å²) in [5, 5.41) is 3.09. The standard InChI is InChI=1S/C19H26N4O/c1-13-6-7-14-16(20-13)23(19(3)10-5-11-19)17(21-14)22-15(24)12-18(2)8-4-9-18/h6-7H,4-5,8-12H2,1-3H3,(H,21,22,24). The quantitative estimate of drug-likeness (QED) is 0.918. The largest absolute Gasteiger partial charge is 0.296 e. The van der Waals surface area contributed by atoms with Gasteiger partial charge in [0.15, 0.2) is 5.65 Å². The van der Waals surface area contributed by atoms with Gasteiger partial charge in [-0.2, -0.15) is 0 Å². The van der Waals surface area contributed by atoms with E-state index in [1.165, 1.54) is 12.8 Å². The van der Waals surface area contributed by atoms with Gasteiger partial charge in [-0.1, -0.05) is 13.3 Å². The number of fused-ring (bicyclic) bond motifs is 1. The number of hydrogen-bond acceptors (Lipinski definition) is 3. The summed E-state index contributed by atoms with van der Waals surface area (Å²) in [6.07, 6.45) is 7.55. The number of imidazole rings is 1. The molecule has 2 heterocycles. The van der Waals surface area contributed by atoms with E-state index in [-0.39, 0.29) is 16.9 Å². The molecule has 0 unspecified atom stereocenters. The van der Waals surface area contributed by atoms with E-state index in [0.717, 1.165) is 42.5 Å². The Labute approximate surface area is 142 Å². The Balaban J connectivity index is 1.69. The van der Waals surface area contributed by atoms with Crippen LogP contribution in [-0.2, 0) is 10.3 Å². The number of hydrogen-bond donors (Lipinski definition) is 1. The molecule has 1 N–H and O–H groups in total. The molecule has 5 nitrogen and oxygen atoms in total. The molecule has 24 heavy (non-hydrogen) atoms. The number of aryl methyl sites for hydroxylation is 1. The van der Waals surface area contributed by atoms with Crippen molar-refractivity contribution < 1.29 is 4.79 Å². The van der Waals surface area contributed by atoms with Gasteiger partial charge in [0, 0.05) is 17.7 Å². The first-order valence-electron chi connectivity index (χ1n) is 9.05. The zero-order valence-electron chi connectivity index (χ0n) is 14.9. The molecule has 0 aromatic carbocycles. The SMILES string of the molecule is Cc1ccc2nc(NC(=O)CC3(C)CCC3)n(C3(C)CCC3)c2n1. The van der Waals surface area contributed by atoms with Crippen LogP contribution in [0.15, 0.2) is 12.1 Å². The van der Waals surface area contributed by atoms with Gasteiger partial charge in [0.1, 0.15) is 5.52 Å². The summed E-state index contributed by atoms with van der Waals surface area (Å²) in [7, 11) is 0. The summed E-state index contributed by atoms with van der Waals surface area (Å²) in [5.41, 5.74) is 2.92. The minimum absolute atomic E-state index is 0.0124. The number of nitrogens with one attached hydrogen (secondary N) is 1. The average Bonchev–Trinajstić information content (AvgIpc) is 2.80. The number of rotatable bonds is 4. The Morgan fingerprint density at radius 1 is 1.17 bits per heavy atom. The lowest BCUT2D eigenvalue weighted by Gasteiger charge is -2.41. The fourth-order valence-electron chi connectivity index (χ4n) is 4.07. The number of anilines is 1. The van der Waals surface area contributed by atoms with Crippen LogP contribution in [0.5, 0.6) is 0 Å². The highest BCUT2D eigenvalue weighted by atomic mass is 16.1. The Bertz CT molecular complexity index is 799. The second-order valence-electron chi connectivity index (χ2n) is 8.31. The molecule has 2 fully saturated rings. The van der Waals surface area contributed by atoms with E-state index in [1.54, 1.807) is 0 Å². The number of nitrogens with zero attached hydrogens (tertiary/aromatic N) is 3. The van der Waals surface area contributed by atoms with Gasteiger partial charge in [0.05, 0.1) is 0 Å². The normalized spacial score (nSPS) is 21.1. The van der Waals surface area contributed by atoms with E-state index < -0.39 is 0 Å². The van der Waals surface area contributed by atoms with Gasteiger partial charge in [-0.05, 0) is 63.5 Å². The Kier molecular flexibility index (Phi) is 3.44. The van der Waals surface area contributed by atoms with Crippen molar-refractivity contribution in [3.63, 3.8) is 0 Å². The number of pyridine rings is 1. The first kappa shape index (κ1) is 15.6. The van der Waals surface area contributed by atoms with Crippen LogP contribution in [0.3, 0.4) is 0 Å². The van der Waals surface area contributed by atoms with E-state index >= 15 is 0 Å². The molecule has 0 bridgehead atoms. The van der Waals surface area contributed by atoms with Crippen LogP contribution < -0.4 is 5.32 Å². The molecule has 2 aromatic rings. The summed E-state index contributed by atoms with van der Waals surface area (Å²) >= 11 is 0. The van der Waals surface area contributed by atoms with Gasteiger partial charge in [-0.25, -0.2) is 9.97 Å². The van der Waals surface area contributed by atoms with Crippen LogP contribution >= 0.6 is 0 Å².